The molecule has 0 radical (unpaired) electrons. The molecule has 0 unspecified atom stereocenters. The third kappa shape index (κ3) is 3.14. The van der Waals surface area contributed by atoms with Crippen molar-refractivity contribution in [3.63, 3.8) is 0 Å². The number of tetrazole rings is 1. The van der Waals surface area contributed by atoms with Crippen molar-refractivity contribution in [2.45, 2.75) is 32.6 Å². The minimum Gasteiger partial charge on any atom is -0.325 e. The summed E-state index contributed by atoms with van der Waals surface area (Å²) in [5.41, 5.74) is 1.38. The molecule has 1 saturated carbocycles. The number of carbonyl (C=O) groups excluding carboxylic acids is 1. The number of aryl methyl sites for hydroxylation is 1. The van der Waals surface area contributed by atoms with E-state index in [2.05, 4.69) is 26.2 Å². The lowest BCUT2D eigenvalue weighted by atomic mass is 9.67. The maximum Gasteiger partial charge on any atom is 0.232 e. The van der Waals surface area contributed by atoms with Crippen molar-refractivity contribution in [3.8, 4) is 5.69 Å². The van der Waals surface area contributed by atoms with Gasteiger partial charge in [0.2, 0.25) is 5.91 Å². The Morgan fingerprint density at radius 1 is 1.40 bits per heavy atom. The Morgan fingerprint density at radius 2 is 2.28 bits per heavy atom. The van der Waals surface area contributed by atoms with E-state index in [1.165, 1.54) is 6.42 Å². The van der Waals surface area contributed by atoms with Crippen LogP contribution in [-0.4, -0.2) is 39.2 Å². The standard InChI is InChI=1S/C17H22N6O.ClH/c1-12-20-21-22-23(12)15-7-4-6-14(9-15)19-16(24)17-8-3-2-5-13(17)10-18-11-17;/h4,6-7,9,13,18H,2-3,5,8,10-11H2,1H3,(H,19,24);1H/t13-,17+;/m0./s1. The highest BCUT2D eigenvalue weighted by molar-refractivity contribution is 5.96. The van der Waals surface area contributed by atoms with Gasteiger partial charge in [0.15, 0.2) is 5.82 Å². The molecule has 2 fully saturated rings. The van der Waals surface area contributed by atoms with Crippen LogP contribution in [0.25, 0.3) is 5.69 Å². The first kappa shape index (κ1) is 17.8. The Hall–Kier alpha value is -1.99. The Bertz CT molecular complexity index is 763. The Labute approximate surface area is 153 Å². The molecular weight excluding hydrogens is 340 g/mol. The Morgan fingerprint density at radius 3 is 3.08 bits per heavy atom. The number of nitrogens with one attached hydrogen (secondary N) is 2. The molecule has 2 aromatic rings. The fourth-order valence-corrected chi connectivity index (χ4v) is 4.13. The third-order valence-electron chi connectivity index (χ3n) is 5.46. The molecule has 2 N–H and O–H groups in total. The number of carbonyl (C=O) groups is 1. The molecule has 4 rings (SSSR count). The van der Waals surface area contributed by atoms with E-state index < -0.39 is 0 Å². The molecule has 1 amide bonds. The van der Waals surface area contributed by atoms with E-state index in [1.54, 1.807) is 4.68 Å². The number of halogens is 1. The van der Waals surface area contributed by atoms with Gasteiger partial charge in [0, 0.05) is 12.2 Å². The number of anilines is 1. The Balaban J connectivity index is 0.00000182. The molecule has 1 aliphatic heterocycles. The molecule has 2 atom stereocenters. The number of fused-ring (bicyclic) bond motifs is 1. The largest absolute Gasteiger partial charge is 0.325 e. The minimum atomic E-state index is -0.251. The summed E-state index contributed by atoms with van der Waals surface area (Å²) in [6, 6.07) is 7.67. The molecule has 0 bridgehead atoms. The number of aromatic nitrogens is 4. The topological polar surface area (TPSA) is 84.7 Å². The lowest BCUT2D eigenvalue weighted by Crippen LogP contribution is -2.44. The molecule has 1 aliphatic carbocycles. The molecule has 134 valence electrons. The van der Waals surface area contributed by atoms with Crippen molar-refractivity contribution in [3.05, 3.63) is 30.1 Å². The second kappa shape index (κ2) is 7.09. The summed E-state index contributed by atoms with van der Waals surface area (Å²) < 4.78 is 1.66. The zero-order valence-electron chi connectivity index (χ0n) is 14.2. The zero-order valence-corrected chi connectivity index (χ0v) is 15.1. The van der Waals surface area contributed by atoms with Crippen LogP contribution in [0.15, 0.2) is 24.3 Å². The molecular formula is C17H23ClN6O. The van der Waals surface area contributed by atoms with Crippen molar-refractivity contribution in [1.82, 2.24) is 25.5 Å². The predicted octanol–water partition coefficient (Wildman–Crippen LogP) is 2.11. The van der Waals surface area contributed by atoms with Crippen molar-refractivity contribution in [2.75, 3.05) is 18.4 Å². The summed E-state index contributed by atoms with van der Waals surface area (Å²) in [5.74, 6) is 1.31. The molecule has 7 nitrogen and oxygen atoms in total. The molecule has 25 heavy (non-hydrogen) atoms. The van der Waals surface area contributed by atoms with Gasteiger partial charge in [-0.1, -0.05) is 18.9 Å². The van der Waals surface area contributed by atoms with E-state index in [-0.39, 0.29) is 23.7 Å². The van der Waals surface area contributed by atoms with Crippen LogP contribution < -0.4 is 10.6 Å². The van der Waals surface area contributed by atoms with Crippen LogP contribution in [0.1, 0.15) is 31.5 Å². The van der Waals surface area contributed by atoms with Gasteiger partial charge in [0.1, 0.15) is 0 Å². The van der Waals surface area contributed by atoms with Crippen LogP contribution in [0.2, 0.25) is 0 Å². The van der Waals surface area contributed by atoms with Crippen LogP contribution in [0.3, 0.4) is 0 Å². The molecule has 2 heterocycles. The quantitative estimate of drug-likeness (QED) is 0.873. The summed E-state index contributed by atoms with van der Waals surface area (Å²) in [4.78, 5) is 13.0. The Kier molecular flexibility index (Phi) is 5.06. The van der Waals surface area contributed by atoms with E-state index >= 15 is 0 Å². The van der Waals surface area contributed by atoms with Gasteiger partial charge in [0.25, 0.3) is 0 Å². The molecule has 1 aromatic heterocycles. The van der Waals surface area contributed by atoms with Gasteiger partial charge in [-0.15, -0.1) is 17.5 Å². The lowest BCUT2D eigenvalue weighted by molar-refractivity contribution is -0.128. The highest BCUT2D eigenvalue weighted by Crippen LogP contribution is 2.44. The monoisotopic (exact) mass is 362 g/mol. The second-order valence-electron chi connectivity index (χ2n) is 6.87. The fourth-order valence-electron chi connectivity index (χ4n) is 4.13. The third-order valence-corrected chi connectivity index (χ3v) is 5.46. The molecule has 1 saturated heterocycles. The van der Waals surface area contributed by atoms with Gasteiger partial charge in [0.05, 0.1) is 11.1 Å². The predicted molar refractivity (Wildman–Crippen MR) is 97.0 cm³/mol. The maximum absolute atomic E-state index is 13.0. The number of hydrogen-bond donors (Lipinski definition) is 2. The van der Waals surface area contributed by atoms with Gasteiger partial charge < -0.3 is 10.6 Å². The van der Waals surface area contributed by atoms with Gasteiger partial charge in [-0.3, -0.25) is 4.79 Å². The molecule has 8 heteroatoms. The number of amides is 1. The number of benzene rings is 1. The number of rotatable bonds is 3. The van der Waals surface area contributed by atoms with Crippen LogP contribution in [0.5, 0.6) is 0 Å². The van der Waals surface area contributed by atoms with Crippen LogP contribution >= 0.6 is 12.4 Å². The van der Waals surface area contributed by atoms with Crippen molar-refractivity contribution in [2.24, 2.45) is 11.3 Å². The number of hydrogen-bond acceptors (Lipinski definition) is 5. The van der Waals surface area contributed by atoms with E-state index in [1.807, 2.05) is 31.2 Å². The van der Waals surface area contributed by atoms with Gasteiger partial charge in [-0.05, 0) is 60.9 Å². The smallest absolute Gasteiger partial charge is 0.232 e. The molecule has 2 aliphatic rings. The lowest BCUT2D eigenvalue weighted by Gasteiger charge is -2.37. The average molecular weight is 363 g/mol. The van der Waals surface area contributed by atoms with Gasteiger partial charge in [-0.2, -0.15) is 4.68 Å². The first-order chi connectivity index (χ1) is 11.7. The van der Waals surface area contributed by atoms with Crippen molar-refractivity contribution >= 4 is 24.0 Å². The normalized spacial score (nSPS) is 25.1. The highest BCUT2D eigenvalue weighted by atomic mass is 35.5. The summed E-state index contributed by atoms with van der Waals surface area (Å²) in [7, 11) is 0. The zero-order chi connectivity index (χ0) is 16.6. The van der Waals surface area contributed by atoms with Gasteiger partial charge in [-0.25, -0.2) is 0 Å². The highest BCUT2D eigenvalue weighted by Gasteiger charge is 2.49. The van der Waals surface area contributed by atoms with Crippen LogP contribution in [-0.2, 0) is 4.79 Å². The van der Waals surface area contributed by atoms with Crippen LogP contribution in [0.4, 0.5) is 5.69 Å². The van der Waals surface area contributed by atoms with Crippen molar-refractivity contribution < 1.29 is 4.79 Å². The first-order valence-corrected chi connectivity index (χ1v) is 8.57. The minimum absolute atomic E-state index is 0. The van der Waals surface area contributed by atoms with E-state index in [0.29, 0.717) is 11.7 Å². The number of nitrogens with zero attached hydrogens (tertiary/aromatic N) is 4. The molecule has 0 spiro atoms. The van der Waals surface area contributed by atoms with Crippen LogP contribution in [0, 0.1) is 18.3 Å². The summed E-state index contributed by atoms with van der Waals surface area (Å²) in [6.07, 6.45) is 4.48. The van der Waals surface area contributed by atoms with Crippen molar-refractivity contribution in [1.29, 1.82) is 0 Å². The SMILES string of the molecule is Cc1nnnn1-c1cccc(NC(=O)[C@@]23CCCC[C@H]2CNC3)c1.Cl. The summed E-state index contributed by atoms with van der Waals surface area (Å²) in [6.45, 7) is 3.59. The van der Waals surface area contributed by atoms with E-state index in [4.69, 9.17) is 0 Å². The van der Waals surface area contributed by atoms with E-state index in [0.717, 1.165) is 43.7 Å². The summed E-state index contributed by atoms with van der Waals surface area (Å²) >= 11 is 0. The second-order valence-corrected chi connectivity index (χ2v) is 6.87. The molecule has 1 aromatic carbocycles. The fraction of sp³-hybridized carbons (Fsp3) is 0.529. The average Bonchev–Trinajstić information content (AvgIpc) is 3.21. The van der Waals surface area contributed by atoms with E-state index in [9.17, 15) is 4.79 Å². The maximum atomic E-state index is 13.0. The van der Waals surface area contributed by atoms with Gasteiger partial charge >= 0.3 is 0 Å². The first-order valence-electron chi connectivity index (χ1n) is 8.57. The summed E-state index contributed by atoms with van der Waals surface area (Å²) in [5, 5.41) is 18.1.